The van der Waals surface area contributed by atoms with Gasteiger partial charge in [-0.1, -0.05) is 0 Å². The van der Waals surface area contributed by atoms with Crippen molar-refractivity contribution in [2.75, 3.05) is 6.54 Å². The molecule has 1 atom stereocenters. The van der Waals surface area contributed by atoms with Crippen LogP contribution in [0.25, 0.3) is 11.4 Å². The van der Waals surface area contributed by atoms with E-state index in [-0.39, 0.29) is 12.1 Å². The Bertz CT molecular complexity index is 659. The maximum absolute atomic E-state index is 11.7. The first-order valence-corrected chi connectivity index (χ1v) is 7.58. The van der Waals surface area contributed by atoms with Gasteiger partial charge in [0, 0.05) is 42.0 Å². The molecule has 0 spiro atoms. The van der Waals surface area contributed by atoms with Gasteiger partial charge in [-0.25, -0.2) is 14.8 Å². The molecule has 1 aliphatic carbocycles. The molecule has 2 aromatic rings. The van der Waals surface area contributed by atoms with E-state index in [1.807, 2.05) is 25.3 Å². The minimum Gasteiger partial charge on any atom is -0.338 e. The number of carbonyl (C=O) groups is 1. The SMILES string of the molecule is CCNC(=O)N[C@@H]1CCCc2nc(-c3cccnc3)ncc21. The van der Waals surface area contributed by atoms with E-state index in [0.717, 1.165) is 36.1 Å². The van der Waals surface area contributed by atoms with Gasteiger partial charge in [0.1, 0.15) is 0 Å². The van der Waals surface area contributed by atoms with E-state index in [1.165, 1.54) is 0 Å². The topological polar surface area (TPSA) is 79.8 Å². The van der Waals surface area contributed by atoms with Crippen LogP contribution in [0.3, 0.4) is 0 Å². The van der Waals surface area contributed by atoms with Gasteiger partial charge in [-0.2, -0.15) is 0 Å². The molecule has 0 saturated heterocycles. The fourth-order valence-corrected chi connectivity index (χ4v) is 2.70. The van der Waals surface area contributed by atoms with Crippen molar-refractivity contribution in [3.63, 3.8) is 0 Å². The van der Waals surface area contributed by atoms with E-state index >= 15 is 0 Å². The third kappa shape index (κ3) is 3.05. The first-order chi connectivity index (χ1) is 10.8. The van der Waals surface area contributed by atoms with Crippen LogP contribution in [-0.4, -0.2) is 27.5 Å². The number of nitrogens with zero attached hydrogens (tertiary/aromatic N) is 3. The van der Waals surface area contributed by atoms with E-state index in [9.17, 15) is 4.79 Å². The Morgan fingerprint density at radius 2 is 2.32 bits per heavy atom. The molecule has 0 unspecified atom stereocenters. The standard InChI is InChI=1S/C16H19N5O/c1-2-18-16(22)21-14-7-3-6-13-12(14)10-19-15(20-13)11-5-4-8-17-9-11/h4-5,8-10,14H,2-3,6-7H2,1H3,(H2,18,21,22)/t14-/m1/s1. The summed E-state index contributed by atoms with van der Waals surface area (Å²) in [6, 6.07) is 3.66. The second-order valence-electron chi connectivity index (χ2n) is 5.29. The molecule has 114 valence electrons. The molecule has 6 heteroatoms. The number of aromatic nitrogens is 3. The van der Waals surface area contributed by atoms with Gasteiger partial charge in [0.25, 0.3) is 0 Å². The molecule has 0 aromatic carbocycles. The Labute approximate surface area is 129 Å². The monoisotopic (exact) mass is 297 g/mol. The highest BCUT2D eigenvalue weighted by molar-refractivity contribution is 5.74. The number of amides is 2. The van der Waals surface area contributed by atoms with Gasteiger partial charge in [0.2, 0.25) is 0 Å². The van der Waals surface area contributed by atoms with Crippen molar-refractivity contribution < 1.29 is 4.79 Å². The molecule has 0 aliphatic heterocycles. The van der Waals surface area contributed by atoms with E-state index < -0.39 is 0 Å². The van der Waals surface area contributed by atoms with Crippen molar-refractivity contribution in [3.05, 3.63) is 42.0 Å². The number of urea groups is 1. The highest BCUT2D eigenvalue weighted by atomic mass is 16.2. The molecule has 2 amide bonds. The van der Waals surface area contributed by atoms with Crippen LogP contribution < -0.4 is 10.6 Å². The number of aryl methyl sites for hydroxylation is 1. The summed E-state index contributed by atoms with van der Waals surface area (Å²) >= 11 is 0. The summed E-state index contributed by atoms with van der Waals surface area (Å²) in [6.45, 7) is 2.51. The predicted molar refractivity (Wildman–Crippen MR) is 83.2 cm³/mol. The Morgan fingerprint density at radius 1 is 1.41 bits per heavy atom. The number of pyridine rings is 1. The van der Waals surface area contributed by atoms with Gasteiger partial charge in [0.15, 0.2) is 5.82 Å². The van der Waals surface area contributed by atoms with Gasteiger partial charge < -0.3 is 10.6 Å². The average molecular weight is 297 g/mol. The summed E-state index contributed by atoms with van der Waals surface area (Å²) in [4.78, 5) is 24.9. The van der Waals surface area contributed by atoms with Crippen LogP contribution in [0.1, 0.15) is 37.1 Å². The quantitative estimate of drug-likeness (QED) is 0.910. The van der Waals surface area contributed by atoms with E-state index in [0.29, 0.717) is 12.4 Å². The molecule has 3 rings (SSSR count). The first kappa shape index (κ1) is 14.4. The number of carbonyl (C=O) groups excluding carboxylic acids is 1. The average Bonchev–Trinajstić information content (AvgIpc) is 2.56. The third-order valence-corrected chi connectivity index (χ3v) is 3.74. The summed E-state index contributed by atoms with van der Waals surface area (Å²) in [5, 5.41) is 5.75. The zero-order valence-corrected chi connectivity index (χ0v) is 12.5. The summed E-state index contributed by atoms with van der Waals surface area (Å²) in [6.07, 6.45) is 8.16. The van der Waals surface area contributed by atoms with Gasteiger partial charge in [-0.05, 0) is 38.3 Å². The molecule has 2 aromatic heterocycles. The van der Waals surface area contributed by atoms with Gasteiger partial charge in [0.05, 0.1) is 6.04 Å². The summed E-state index contributed by atoms with van der Waals surface area (Å²) in [5.41, 5.74) is 2.94. The fourth-order valence-electron chi connectivity index (χ4n) is 2.70. The highest BCUT2D eigenvalue weighted by Crippen LogP contribution is 2.29. The van der Waals surface area contributed by atoms with Crippen LogP contribution in [0.5, 0.6) is 0 Å². The molecule has 1 aliphatic rings. The summed E-state index contributed by atoms with van der Waals surface area (Å²) < 4.78 is 0. The lowest BCUT2D eigenvalue weighted by Crippen LogP contribution is -2.39. The molecular formula is C16H19N5O. The second-order valence-corrected chi connectivity index (χ2v) is 5.29. The van der Waals surface area contributed by atoms with Crippen LogP contribution in [0, 0.1) is 0 Å². The lowest BCUT2D eigenvalue weighted by molar-refractivity contribution is 0.236. The highest BCUT2D eigenvalue weighted by Gasteiger charge is 2.23. The Hall–Kier alpha value is -2.50. The zero-order valence-electron chi connectivity index (χ0n) is 12.5. The number of hydrogen-bond acceptors (Lipinski definition) is 4. The lowest BCUT2D eigenvalue weighted by Gasteiger charge is -2.25. The Balaban J connectivity index is 1.85. The van der Waals surface area contributed by atoms with Crippen molar-refractivity contribution in [2.45, 2.75) is 32.2 Å². The smallest absolute Gasteiger partial charge is 0.315 e. The molecule has 0 saturated carbocycles. The minimum atomic E-state index is -0.142. The molecule has 2 N–H and O–H groups in total. The van der Waals surface area contributed by atoms with Gasteiger partial charge in [-0.3, -0.25) is 4.98 Å². The van der Waals surface area contributed by atoms with Gasteiger partial charge in [-0.15, -0.1) is 0 Å². The minimum absolute atomic E-state index is 0.0155. The van der Waals surface area contributed by atoms with Crippen molar-refractivity contribution in [1.29, 1.82) is 0 Å². The predicted octanol–water partition coefficient (Wildman–Crippen LogP) is 2.24. The number of fused-ring (bicyclic) bond motifs is 1. The maximum atomic E-state index is 11.7. The Kier molecular flexibility index (Phi) is 4.27. The van der Waals surface area contributed by atoms with Crippen molar-refractivity contribution >= 4 is 6.03 Å². The first-order valence-electron chi connectivity index (χ1n) is 7.58. The molecule has 0 fully saturated rings. The lowest BCUT2D eigenvalue weighted by atomic mass is 9.92. The fraction of sp³-hybridized carbons (Fsp3) is 0.375. The number of rotatable bonds is 3. The van der Waals surface area contributed by atoms with Crippen molar-refractivity contribution in [2.24, 2.45) is 0 Å². The number of hydrogen-bond donors (Lipinski definition) is 2. The van der Waals surface area contributed by atoms with E-state index in [1.54, 1.807) is 12.4 Å². The molecule has 22 heavy (non-hydrogen) atoms. The van der Waals surface area contributed by atoms with Crippen molar-refractivity contribution in [3.8, 4) is 11.4 Å². The van der Waals surface area contributed by atoms with Gasteiger partial charge >= 0.3 is 6.03 Å². The third-order valence-electron chi connectivity index (χ3n) is 3.74. The van der Waals surface area contributed by atoms with Crippen LogP contribution in [0.15, 0.2) is 30.7 Å². The molecule has 0 bridgehead atoms. The number of nitrogens with one attached hydrogen (secondary N) is 2. The molecular weight excluding hydrogens is 278 g/mol. The van der Waals surface area contributed by atoms with E-state index in [4.69, 9.17) is 0 Å². The van der Waals surface area contributed by atoms with E-state index in [2.05, 4.69) is 25.6 Å². The molecule has 0 radical (unpaired) electrons. The molecule has 6 nitrogen and oxygen atoms in total. The largest absolute Gasteiger partial charge is 0.338 e. The van der Waals surface area contributed by atoms with Crippen LogP contribution in [0.4, 0.5) is 4.79 Å². The molecule has 2 heterocycles. The zero-order chi connectivity index (χ0) is 15.4. The summed E-state index contributed by atoms with van der Waals surface area (Å²) in [7, 11) is 0. The van der Waals surface area contributed by atoms with Crippen molar-refractivity contribution in [1.82, 2.24) is 25.6 Å². The second kappa shape index (κ2) is 6.51. The van der Waals surface area contributed by atoms with Crippen LogP contribution >= 0.6 is 0 Å². The van der Waals surface area contributed by atoms with Crippen LogP contribution in [0.2, 0.25) is 0 Å². The summed E-state index contributed by atoms with van der Waals surface area (Å²) in [5.74, 6) is 0.686. The Morgan fingerprint density at radius 3 is 3.09 bits per heavy atom. The van der Waals surface area contributed by atoms with Crippen LogP contribution in [-0.2, 0) is 6.42 Å². The maximum Gasteiger partial charge on any atom is 0.315 e. The normalized spacial score (nSPS) is 16.7.